The zero-order valence-electron chi connectivity index (χ0n) is 18.2. The number of carbonyl (C=O) groups excluding carboxylic acids is 1. The van der Waals surface area contributed by atoms with E-state index in [1.807, 2.05) is 25.1 Å². The highest BCUT2D eigenvalue weighted by atomic mass is 32.2. The lowest BCUT2D eigenvalue weighted by atomic mass is 9.98. The van der Waals surface area contributed by atoms with Crippen LogP contribution >= 0.6 is 0 Å². The largest absolute Gasteiger partial charge is 0.355 e. The molecule has 0 spiro atoms. The lowest BCUT2D eigenvalue weighted by molar-refractivity contribution is -0.122. The Bertz CT molecular complexity index is 930. The van der Waals surface area contributed by atoms with Crippen molar-refractivity contribution in [1.82, 2.24) is 14.9 Å². The number of rotatable bonds is 10. The molecule has 1 atom stereocenters. The number of hydrogen-bond donors (Lipinski definition) is 2. The zero-order chi connectivity index (χ0) is 22.1. The average molecular weight is 444 g/mol. The Balaban J connectivity index is 1.37. The van der Waals surface area contributed by atoms with Gasteiger partial charge in [-0.15, -0.1) is 0 Å². The second-order valence-electron chi connectivity index (χ2n) is 8.35. The Morgan fingerprint density at radius 2 is 1.84 bits per heavy atom. The molecule has 168 valence electrons. The fourth-order valence-corrected chi connectivity index (χ4v) is 5.03. The van der Waals surface area contributed by atoms with Gasteiger partial charge in [-0.3, -0.25) is 9.69 Å². The molecule has 0 bridgehead atoms. The Morgan fingerprint density at radius 3 is 2.58 bits per heavy atom. The minimum absolute atomic E-state index is 0.0361. The molecule has 2 N–H and O–H groups in total. The number of benzene rings is 2. The SMILES string of the molecule is Cc1ccc(S(=O)(=O)NCC2CCCN(CC(=O)NCCCc3ccccc3)C2)cc1. The topological polar surface area (TPSA) is 78.5 Å². The maximum Gasteiger partial charge on any atom is 0.240 e. The normalized spacial score (nSPS) is 17.4. The van der Waals surface area contributed by atoms with E-state index in [1.54, 1.807) is 24.3 Å². The van der Waals surface area contributed by atoms with Crippen LogP contribution in [0.2, 0.25) is 0 Å². The van der Waals surface area contributed by atoms with Crippen LogP contribution in [0.15, 0.2) is 59.5 Å². The van der Waals surface area contributed by atoms with Gasteiger partial charge in [0.1, 0.15) is 0 Å². The van der Waals surface area contributed by atoms with Crippen LogP contribution < -0.4 is 10.0 Å². The maximum atomic E-state index is 12.5. The number of aryl methyl sites for hydroxylation is 2. The van der Waals surface area contributed by atoms with Crippen LogP contribution in [0.5, 0.6) is 0 Å². The highest BCUT2D eigenvalue weighted by Gasteiger charge is 2.23. The number of piperidine rings is 1. The van der Waals surface area contributed by atoms with E-state index in [0.717, 1.165) is 44.3 Å². The van der Waals surface area contributed by atoms with E-state index in [0.29, 0.717) is 24.5 Å². The van der Waals surface area contributed by atoms with Crippen molar-refractivity contribution in [1.29, 1.82) is 0 Å². The molecule has 7 heteroatoms. The van der Waals surface area contributed by atoms with Gasteiger partial charge in [0.2, 0.25) is 15.9 Å². The molecule has 1 amide bonds. The van der Waals surface area contributed by atoms with Gasteiger partial charge in [-0.2, -0.15) is 0 Å². The van der Waals surface area contributed by atoms with Gasteiger partial charge in [-0.1, -0.05) is 48.0 Å². The first kappa shape index (κ1) is 23.4. The van der Waals surface area contributed by atoms with E-state index in [-0.39, 0.29) is 11.8 Å². The van der Waals surface area contributed by atoms with Crippen molar-refractivity contribution in [3.8, 4) is 0 Å². The number of nitrogens with zero attached hydrogens (tertiary/aromatic N) is 1. The summed E-state index contributed by atoms with van der Waals surface area (Å²) in [6.45, 7) is 4.96. The molecule has 2 aromatic carbocycles. The van der Waals surface area contributed by atoms with Crippen molar-refractivity contribution in [2.75, 3.05) is 32.7 Å². The number of nitrogens with one attached hydrogen (secondary N) is 2. The first-order chi connectivity index (χ1) is 14.9. The molecule has 1 saturated heterocycles. The molecule has 6 nitrogen and oxygen atoms in total. The Hall–Kier alpha value is -2.22. The Labute approximate surface area is 186 Å². The summed E-state index contributed by atoms with van der Waals surface area (Å²) in [6.07, 6.45) is 3.80. The third-order valence-electron chi connectivity index (χ3n) is 5.67. The summed E-state index contributed by atoms with van der Waals surface area (Å²) in [7, 11) is -3.50. The van der Waals surface area contributed by atoms with Gasteiger partial charge in [0.15, 0.2) is 0 Å². The van der Waals surface area contributed by atoms with E-state index < -0.39 is 10.0 Å². The summed E-state index contributed by atoms with van der Waals surface area (Å²) in [6, 6.07) is 17.1. The Morgan fingerprint density at radius 1 is 1.10 bits per heavy atom. The molecule has 1 aliphatic heterocycles. The van der Waals surface area contributed by atoms with E-state index in [4.69, 9.17) is 0 Å². The molecular weight excluding hydrogens is 410 g/mol. The molecule has 3 rings (SSSR count). The van der Waals surface area contributed by atoms with Gasteiger partial charge < -0.3 is 5.32 Å². The molecule has 1 fully saturated rings. The minimum Gasteiger partial charge on any atom is -0.355 e. The summed E-state index contributed by atoms with van der Waals surface area (Å²) >= 11 is 0. The average Bonchev–Trinajstić information content (AvgIpc) is 2.77. The van der Waals surface area contributed by atoms with Crippen LogP contribution in [0, 0.1) is 12.8 Å². The van der Waals surface area contributed by atoms with Gasteiger partial charge in [-0.25, -0.2) is 13.1 Å². The van der Waals surface area contributed by atoms with E-state index in [9.17, 15) is 13.2 Å². The molecule has 1 unspecified atom stereocenters. The molecular formula is C24H33N3O3S. The fourth-order valence-electron chi connectivity index (χ4n) is 3.91. The fraction of sp³-hybridized carbons (Fsp3) is 0.458. The molecule has 0 saturated carbocycles. The van der Waals surface area contributed by atoms with Crippen LogP contribution in [0.25, 0.3) is 0 Å². The maximum absolute atomic E-state index is 12.5. The smallest absolute Gasteiger partial charge is 0.240 e. The van der Waals surface area contributed by atoms with E-state index in [2.05, 4.69) is 27.1 Å². The van der Waals surface area contributed by atoms with Gasteiger partial charge in [0.05, 0.1) is 11.4 Å². The lowest BCUT2D eigenvalue weighted by Crippen LogP contribution is -2.45. The second-order valence-corrected chi connectivity index (χ2v) is 10.1. The first-order valence-corrected chi connectivity index (χ1v) is 12.5. The van der Waals surface area contributed by atoms with Crippen LogP contribution in [-0.4, -0.2) is 51.9 Å². The van der Waals surface area contributed by atoms with Gasteiger partial charge in [0.25, 0.3) is 0 Å². The van der Waals surface area contributed by atoms with Crippen LogP contribution in [0.4, 0.5) is 0 Å². The van der Waals surface area contributed by atoms with Crippen molar-refractivity contribution in [2.24, 2.45) is 5.92 Å². The molecule has 0 aliphatic carbocycles. The van der Waals surface area contributed by atoms with E-state index >= 15 is 0 Å². The predicted octanol–water partition coefficient (Wildman–Crippen LogP) is 2.73. The van der Waals surface area contributed by atoms with Crippen LogP contribution in [0.3, 0.4) is 0 Å². The summed E-state index contributed by atoms with van der Waals surface area (Å²) in [5, 5.41) is 3.01. The second kappa shape index (κ2) is 11.4. The van der Waals surface area contributed by atoms with Crippen molar-refractivity contribution in [2.45, 2.75) is 37.5 Å². The van der Waals surface area contributed by atoms with Gasteiger partial charge in [0, 0.05) is 19.6 Å². The third-order valence-corrected chi connectivity index (χ3v) is 7.11. The van der Waals surface area contributed by atoms with Gasteiger partial charge in [-0.05, 0) is 62.8 Å². The standard InChI is InChI=1S/C24H33N3O3S/c1-20-11-13-23(14-12-20)31(29,30)26-17-22-10-6-16-27(18-22)19-24(28)25-15-5-9-21-7-3-2-4-8-21/h2-4,7-8,11-14,22,26H,5-6,9-10,15-19H2,1H3,(H,25,28). The van der Waals surface area contributed by atoms with Crippen molar-refractivity contribution in [3.63, 3.8) is 0 Å². The van der Waals surface area contributed by atoms with Gasteiger partial charge >= 0.3 is 0 Å². The Kier molecular flexibility index (Phi) is 8.63. The summed E-state index contributed by atoms with van der Waals surface area (Å²) in [4.78, 5) is 14.7. The number of likely N-dealkylation sites (tertiary alicyclic amines) is 1. The van der Waals surface area contributed by atoms with Crippen molar-refractivity contribution < 1.29 is 13.2 Å². The highest BCUT2D eigenvalue weighted by molar-refractivity contribution is 7.89. The molecule has 0 radical (unpaired) electrons. The molecule has 2 aromatic rings. The zero-order valence-corrected chi connectivity index (χ0v) is 19.0. The molecule has 1 heterocycles. The lowest BCUT2D eigenvalue weighted by Gasteiger charge is -2.32. The van der Waals surface area contributed by atoms with Crippen molar-refractivity contribution in [3.05, 3.63) is 65.7 Å². The first-order valence-electron chi connectivity index (χ1n) is 11.0. The van der Waals surface area contributed by atoms with Crippen LogP contribution in [-0.2, 0) is 21.2 Å². The highest BCUT2D eigenvalue weighted by Crippen LogP contribution is 2.17. The summed E-state index contributed by atoms with van der Waals surface area (Å²) < 4.78 is 27.8. The van der Waals surface area contributed by atoms with Crippen molar-refractivity contribution >= 4 is 15.9 Å². The molecule has 0 aromatic heterocycles. The number of amides is 1. The summed E-state index contributed by atoms with van der Waals surface area (Å²) in [5.74, 6) is 0.244. The monoisotopic (exact) mass is 443 g/mol. The van der Waals surface area contributed by atoms with E-state index in [1.165, 1.54) is 5.56 Å². The minimum atomic E-state index is -3.50. The summed E-state index contributed by atoms with van der Waals surface area (Å²) in [5.41, 5.74) is 2.31. The predicted molar refractivity (Wildman–Crippen MR) is 123 cm³/mol. The van der Waals surface area contributed by atoms with Crippen LogP contribution in [0.1, 0.15) is 30.4 Å². The quantitative estimate of drug-likeness (QED) is 0.554. The molecule has 31 heavy (non-hydrogen) atoms. The number of carbonyl (C=O) groups is 1. The third kappa shape index (κ3) is 7.76. The molecule has 1 aliphatic rings. The number of hydrogen-bond acceptors (Lipinski definition) is 4. The number of sulfonamides is 1.